The zero-order valence-corrected chi connectivity index (χ0v) is 11.5. The van der Waals surface area contributed by atoms with Gasteiger partial charge in [0.1, 0.15) is 0 Å². The SMILES string of the molecule is CC(C)C(C)CC(CC(=O)O)N(C)C(C)C. The van der Waals surface area contributed by atoms with Crippen LogP contribution in [-0.4, -0.2) is 35.1 Å². The van der Waals surface area contributed by atoms with Crippen LogP contribution in [0.15, 0.2) is 0 Å². The Morgan fingerprint density at radius 3 is 2.00 bits per heavy atom. The van der Waals surface area contributed by atoms with Crippen molar-refractivity contribution in [3.05, 3.63) is 0 Å². The summed E-state index contributed by atoms with van der Waals surface area (Å²) in [5, 5.41) is 8.94. The van der Waals surface area contributed by atoms with E-state index in [2.05, 4.69) is 39.5 Å². The number of carbonyl (C=O) groups is 1. The van der Waals surface area contributed by atoms with Crippen molar-refractivity contribution in [2.45, 2.75) is 59.5 Å². The van der Waals surface area contributed by atoms with E-state index in [-0.39, 0.29) is 12.5 Å². The summed E-state index contributed by atoms with van der Waals surface area (Å²) in [6.45, 7) is 10.8. The van der Waals surface area contributed by atoms with E-state index in [9.17, 15) is 4.79 Å². The molecule has 0 rings (SSSR count). The molecular formula is C13H27NO2. The Balaban J connectivity index is 4.48. The van der Waals surface area contributed by atoms with Crippen molar-refractivity contribution < 1.29 is 9.90 Å². The van der Waals surface area contributed by atoms with E-state index in [1.807, 2.05) is 7.05 Å². The molecule has 3 heteroatoms. The molecule has 96 valence electrons. The van der Waals surface area contributed by atoms with Gasteiger partial charge in [0.05, 0.1) is 6.42 Å². The lowest BCUT2D eigenvalue weighted by atomic mass is 9.89. The Morgan fingerprint density at radius 1 is 1.19 bits per heavy atom. The van der Waals surface area contributed by atoms with Crippen molar-refractivity contribution in [2.24, 2.45) is 11.8 Å². The number of carboxylic acid groups (broad SMARTS) is 1. The van der Waals surface area contributed by atoms with E-state index in [1.165, 1.54) is 0 Å². The number of rotatable bonds is 7. The average Bonchev–Trinajstić information content (AvgIpc) is 2.14. The molecule has 2 unspecified atom stereocenters. The van der Waals surface area contributed by atoms with Gasteiger partial charge in [-0.15, -0.1) is 0 Å². The second kappa shape index (κ2) is 6.89. The van der Waals surface area contributed by atoms with Crippen LogP contribution in [0, 0.1) is 11.8 Å². The summed E-state index contributed by atoms with van der Waals surface area (Å²) in [4.78, 5) is 13.0. The number of carboxylic acids is 1. The third kappa shape index (κ3) is 5.50. The molecule has 2 atom stereocenters. The minimum Gasteiger partial charge on any atom is -0.481 e. The van der Waals surface area contributed by atoms with Crippen molar-refractivity contribution in [1.29, 1.82) is 0 Å². The first-order chi connectivity index (χ1) is 7.25. The third-order valence-corrected chi connectivity index (χ3v) is 3.58. The van der Waals surface area contributed by atoms with E-state index < -0.39 is 5.97 Å². The smallest absolute Gasteiger partial charge is 0.304 e. The van der Waals surface area contributed by atoms with Crippen LogP contribution in [0.5, 0.6) is 0 Å². The lowest BCUT2D eigenvalue weighted by molar-refractivity contribution is -0.138. The highest BCUT2D eigenvalue weighted by molar-refractivity contribution is 5.67. The molecule has 0 aliphatic rings. The van der Waals surface area contributed by atoms with Gasteiger partial charge in [0.15, 0.2) is 0 Å². The quantitative estimate of drug-likeness (QED) is 0.729. The second-order valence-corrected chi connectivity index (χ2v) is 5.47. The van der Waals surface area contributed by atoms with Gasteiger partial charge in [0.25, 0.3) is 0 Å². The van der Waals surface area contributed by atoms with Gasteiger partial charge in [0, 0.05) is 12.1 Å². The maximum atomic E-state index is 10.9. The second-order valence-electron chi connectivity index (χ2n) is 5.47. The first kappa shape index (κ1) is 15.4. The Bertz CT molecular complexity index is 214. The molecule has 1 N–H and O–H groups in total. The summed E-state index contributed by atoms with van der Waals surface area (Å²) in [6.07, 6.45) is 1.20. The molecule has 0 saturated carbocycles. The third-order valence-electron chi connectivity index (χ3n) is 3.58. The van der Waals surface area contributed by atoms with Crippen LogP contribution in [-0.2, 0) is 4.79 Å². The van der Waals surface area contributed by atoms with E-state index >= 15 is 0 Å². The normalized spacial score (nSPS) is 15.8. The lowest BCUT2D eigenvalue weighted by Crippen LogP contribution is -2.40. The van der Waals surface area contributed by atoms with Gasteiger partial charge >= 0.3 is 5.97 Å². The van der Waals surface area contributed by atoms with Crippen LogP contribution >= 0.6 is 0 Å². The topological polar surface area (TPSA) is 40.5 Å². The molecule has 0 heterocycles. The molecule has 0 bridgehead atoms. The molecule has 0 aromatic carbocycles. The van der Waals surface area contributed by atoms with Gasteiger partial charge in [-0.1, -0.05) is 20.8 Å². The Morgan fingerprint density at radius 2 is 1.69 bits per heavy atom. The van der Waals surface area contributed by atoms with E-state index in [0.29, 0.717) is 17.9 Å². The largest absolute Gasteiger partial charge is 0.481 e. The zero-order valence-electron chi connectivity index (χ0n) is 11.5. The number of hydrogen-bond donors (Lipinski definition) is 1. The van der Waals surface area contributed by atoms with Crippen LogP contribution in [0.2, 0.25) is 0 Å². The predicted molar refractivity (Wildman–Crippen MR) is 67.6 cm³/mol. The highest BCUT2D eigenvalue weighted by Crippen LogP contribution is 2.21. The molecule has 0 aliphatic carbocycles. The van der Waals surface area contributed by atoms with Crippen molar-refractivity contribution in [3.8, 4) is 0 Å². The van der Waals surface area contributed by atoms with Gasteiger partial charge in [-0.3, -0.25) is 4.79 Å². The van der Waals surface area contributed by atoms with Crippen LogP contribution in [0.1, 0.15) is 47.5 Å². The highest BCUT2D eigenvalue weighted by atomic mass is 16.4. The molecule has 0 aromatic heterocycles. The Kier molecular flexibility index (Phi) is 6.65. The summed E-state index contributed by atoms with van der Waals surface area (Å²) in [6, 6.07) is 0.540. The molecule has 3 nitrogen and oxygen atoms in total. The zero-order chi connectivity index (χ0) is 12.9. The summed E-state index contributed by atoms with van der Waals surface area (Å²) < 4.78 is 0. The summed E-state index contributed by atoms with van der Waals surface area (Å²) in [7, 11) is 2.02. The molecule has 0 spiro atoms. The summed E-state index contributed by atoms with van der Waals surface area (Å²) in [5.41, 5.74) is 0. The van der Waals surface area contributed by atoms with E-state index in [0.717, 1.165) is 6.42 Å². The van der Waals surface area contributed by atoms with Gasteiger partial charge < -0.3 is 10.0 Å². The predicted octanol–water partition coefficient (Wildman–Crippen LogP) is 2.85. The Hall–Kier alpha value is -0.570. The minimum atomic E-state index is -0.701. The maximum Gasteiger partial charge on any atom is 0.304 e. The molecule has 0 amide bonds. The highest BCUT2D eigenvalue weighted by Gasteiger charge is 2.23. The van der Waals surface area contributed by atoms with E-state index in [4.69, 9.17) is 5.11 Å². The average molecular weight is 229 g/mol. The molecule has 0 fully saturated rings. The molecule has 16 heavy (non-hydrogen) atoms. The fourth-order valence-corrected chi connectivity index (χ4v) is 1.72. The molecule has 0 aliphatic heterocycles. The number of aliphatic carboxylic acids is 1. The fraction of sp³-hybridized carbons (Fsp3) is 0.923. The van der Waals surface area contributed by atoms with Crippen molar-refractivity contribution in [1.82, 2.24) is 4.90 Å². The van der Waals surface area contributed by atoms with Crippen LogP contribution in [0.25, 0.3) is 0 Å². The molecular weight excluding hydrogens is 202 g/mol. The van der Waals surface area contributed by atoms with Gasteiger partial charge in [0.2, 0.25) is 0 Å². The monoisotopic (exact) mass is 229 g/mol. The summed E-state index contributed by atoms with van der Waals surface area (Å²) in [5.74, 6) is 0.468. The standard InChI is InChI=1S/C13H27NO2/c1-9(2)11(5)7-12(8-13(15)16)14(6)10(3)4/h9-12H,7-8H2,1-6H3,(H,15,16). The minimum absolute atomic E-state index is 0.148. The van der Waals surface area contributed by atoms with Crippen molar-refractivity contribution >= 4 is 5.97 Å². The fourth-order valence-electron chi connectivity index (χ4n) is 1.72. The Labute approximate surface area is 99.8 Å². The number of nitrogens with zero attached hydrogens (tertiary/aromatic N) is 1. The van der Waals surface area contributed by atoms with Gasteiger partial charge in [-0.05, 0) is 39.2 Å². The van der Waals surface area contributed by atoms with Crippen molar-refractivity contribution in [3.63, 3.8) is 0 Å². The molecule has 0 saturated heterocycles. The summed E-state index contributed by atoms with van der Waals surface area (Å²) >= 11 is 0. The molecule has 0 aromatic rings. The lowest BCUT2D eigenvalue weighted by Gasteiger charge is -2.33. The van der Waals surface area contributed by atoms with E-state index in [1.54, 1.807) is 0 Å². The van der Waals surface area contributed by atoms with Crippen LogP contribution < -0.4 is 0 Å². The van der Waals surface area contributed by atoms with Crippen LogP contribution in [0.4, 0.5) is 0 Å². The molecule has 0 radical (unpaired) electrons. The number of hydrogen-bond acceptors (Lipinski definition) is 2. The van der Waals surface area contributed by atoms with Gasteiger partial charge in [-0.2, -0.15) is 0 Å². The first-order valence-corrected chi connectivity index (χ1v) is 6.19. The van der Waals surface area contributed by atoms with Gasteiger partial charge in [-0.25, -0.2) is 0 Å². The van der Waals surface area contributed by atoms with Crippen LogP contribution in [0.3, 0.4) is 0 Å². The maximum absolute atomic E-state index is 10.9. The first-order valence-electron chi connectivity index (χ1n) is 6.19. The van der Waals surface area contributed by atoms with Crippen molar-refractivity contribution in [2.75, 3.05) is 7.05 Å².